The van der Waals surface area contributed by atoms with Crippen LogP contribution in [0.3, 0.4) is 0 Å². The van der Waals surface area contributed by atoms with Crippen LogP contribution in [0.15, 0.2) is 77.8 Å². The first-order valence-electron chi connectivity index (χ1n) is 8.01. The molecule has 1 heterocycles. The van der Waals surface area contributed by atoms with Gasteiger partial charge in [-0.1, -0.05) is 17.7 Å². The molecular formula is C19H16ClN3O3S. The molecule has 3 aromatic rings. The van der Waals surface area contributed by atoms with Gasteiger partial charge in [0.2, 0.25) is 0 Å². The maximum absolute atomic E-state index is 12.4. The molecule has 0 aliphatic carbocycles. The largest absolute Gasteiger partial charge is 0.346 e. The quantitative estimate of drug-likeness (QED) is 0.662. The zero-order chi connectivity index (χ0) is 19.3. The number of rotatable bonds is 6. The number of pyridine rings is 1. The first-order valence-corrected chi connectivity index (χ1v) is 9.87. The Balaban J connectivity index is 1.66. The fraction of sp³-hybridized carbons (Fsp3) is 0.0526. The van der Waals surface area contributed by atoms with Crippen LogP contribution in [0, 0.1) is 0 Å². The Kier molecular flexibility index (Phi) is 5.73. The predicted molar refractivity (Wildman–Crippen MR) is 104 cm³/mol. The maximum atomic E-state index is 12.4. The average Bonchev–Trinajstić information content (AvgIpc) is 2.69. The summed E-state index contributed by atoms with van der Waals surface area (Å²) < 4.78 is 27.3. The number of amides is 1. The summed E-state index contributed by atoms with van der Waals surface area (Å²) >= 11 is 5.79. The zero-order valence-electron chi connectivity index (χ0n) is 14.1. The van der Waals surface area contributed by atoms with Crippen molar-refractivity contribution in [2.45, 2.75) is 11.4 Å². The van der Waals surface area contributed by atoms with E-state index in [0.29, 0.717) is 16.3 Å². The first-order chi connectivity index (χ1) is 12.9. The van der Waals surface area contributed by atoms with Crippen LogP contribution >= 0.6 is 11.6 Å². The second-order valence-electron chi connectivity index (χ2n) is 5.64. The summed E-state index contributed by atoms with van der Waals surface area (Å²) in [6.07, 6.45) is 1.65. The van der Waals surface area contributed by atoms with Crippen LogP contribution in [0.1, 0.15) is 16.1 Å². The molecule has 0 bridgehead atoms. The average molecular weight is 402 g/mol. The van der Waals surface area contributed by atoms with Gasteiger partial charge in [-0.15, -0.1) is 0 Å². The van der Waals surface area contributed by atoms with E-state index in [-0.39, 0.29) is 17.3 Å². The standard InChI is InChI=1S/C19H16ClN3O3S/c20-15-6-8-16(9-7-15)23-27(25,26)18-10-4-14(5-11-18)19(24)22-13-17-3-1-2-12-21-17/h1-12,23H,13H2,(H,22,24). The number of nitrogens with one attached hydrogen (secondary N) is 2. The number of nitrogens with zero attached hydrogens (tertiary/aromatic N) is 1. The lowest BCUT2D eigenvalue weighted by atomic mass is 10.2. The number of aromatic nitrogens is 1. The van der Waals surface area contributed by atoms with Crippen molar-refractivity contribution in [2.75, 3.05) is 4.72 Å². The Morgan fingerprint density at radius 3 is 2.30 bits per heavy atom. The fourth-order valence-corrected chi connectivity index (χ4v) is 3.48. The minimum Gasteiger partial charge on any atom is -0.346 e. The van der Waals surface area contributed by atoms with Gasteiger partial charge in [0, 0.05) is 22.5 Å². The van der Waals surface area contributed by atoms with E-state index < -0.39 is 10.0 Å². The van der Waals surface area contributed by atoms with Crippen LogP contribution in [-0.4, -0.2) is 19.3 Å². The van der Waals surface area contributed by atoms with Gasteiger partial charge < -0.3 is 5.32 Å². The summed E-state index contributed by atoms with van der Waals surface area (Å²) in [5, 5.41) is 3.25. The van der Waals surface area contributed by atoms with E-state index in [4.69, 9.17) is 11.6 Å². The second kappa shape index (κ2) is 8.20. The molecule has 3 rings (SSSR count). The third kappa shape index (κ3) is 5.06. The first kappa shape index (κ1) is 18.9. The maximum Gasteiger partial charge on any atom is 0.261 e. The Bertz CT molecular complexity index is 1020. The molecule has 0 aliphatic rings. The van der Waals surface area contributed by atoms with E-state index >= 15 is 0 Å². The van der Waals surface area contributed by atoms with E-state index in [1.807, 2.05) is 6.07 Å². The van der Waals surface area contributed by atoms with E-state index in [9.17, 15) is 13.2 Å². The Labute approximate surface area is 162 Å². The Hall–Kier alpha value is -2.90. The number of hydrogen-bond donors (Lipinski definition) is 2. The van der Waals surface area contributed by atoms with Gasteiger partial charge >= 0.3 is 0 Å². The summed E-state index contributed by atoms with van der Waals surface area (Å²) in [4.78, 5) is 16.4. The molecule has 0 unspecified atom stereocenters. The summed E-state index contributed by atoms with van der Waals surface area (Å²) in [5.41, 5.74) is 1.49. The van der Waals surface area contributed by atoms with E-state index in [2.05, 4.69) is 15.0 Å². The molecule has 138 valence electrons. The van der Waals surface area contributed by atoms with Gasteiger partial charge in [0.15, 0.2) is 0 Å². The molecule has 0 saturated heterocycles. The number of benzene rings is 2. The molecule has 0 spiro atoms. The van der Waals surface area contributed by atoms with Crippen molar-refractivity contribution in [3.8, 4) is 0 Å². The topological polar surface area (TPSA) is 88.2 Å². The van der Waals surface area contributed by atoms with Gasteiger partial charge in [-0.3, -0.25) is 14.5 Å². The van der Waals surface area contributed by atoms with Crippen LogP contribution in [0.25, 0.3) is 0 Å². The van der Waals surface area contributed by atoms with Gasteiger partial charge in [-0.25, -0.2) is 8.42 Å². The normalized spacial score (nSPS) is 11.0. The highest BCUT2D eigenvalue weighted by molar-refractivity contribution is 7.92. The summed E-state index contributed by atoms with van der Waals surface area (Å²) in [6.45, 7) is 0.290. The van der Waals surface area contributed by atoms with E-state index in [1.54, 1.807) is 42.6 Å². The summed E-state index contributed by atoms with van der Waals surface area (Å²) in [7, 11) is -3.76. The van der Waals surface area contributed by atoms with Crippen LogP contribution in [-0.2, 0) is 16.6 Å². The number of carbonyl (C=O) groups is 1. The lowest BCUT2D eigenvalue weighted by Crippen LogP contribution is -2.23. The van der Waals surface area contributed by atoms with Crippen molar-refractivity contribution >= 4 is 33.2 Å². The smallest absolute Gasteiger partial charge is 0.261 e. The lowest BCUT2D eigenvalue weighted by Gasteiger charge is -2.09. The van der Waals surface area contributed by atoms with Gasteiger partial charge in [0.05, 0.1) is 17.1 Å². The summed E-state index contributed by atoms with van der Waals surface area (Å²) in [5.74, 6) is -0.310. The Morgan fingerprint density at radius 2 is 1.67 bits per heavy atom. The minimum atomic E-state index is -3.76. The number of anilines is 1. The van der Waals surface area contributed by atoms with Crippen LogP contribution in [0.4, 0.5) is 5.69 Å². The highest BCUT2D eigenvalue weighted by atomic mass is 35.5. The van der Waals surface area contributed by atoms with Gasteiger partial charge in [0.1, 0.15) is 0 Å². The van der Waals surface area contributed by atoms with Gasteiger partial charge in [0.25, 0.3) is 15.9 Å². The molecule has 8 heteroatoms. The minimum absolute atomic E-state index is 0.0544. The molecule has 27 heavy (non-hydrogen) atoms. The molecule has 0 aliphatic heterocycles. The zero-order valence-corrected chi connectivity index (χ0v) is 15.7. The third-order valence-electron chi connectivity index (χ3n) is 3.68. The van der Waals surface area contributed by atoms with Crippen molar-refractivity contribution in [3.63, 3.8) is 0 Å². The van der Waals surface area contributed by atoms with Crippen LogP contribution < -0.4 is 10.0 Å². The SMILES string of the molecule is O=C(NCc1ccccn1)c1ccc(S(=O)(=O)Nc2ccc(Cl)cc2)cc1. The number of halogens is 1. The third-order valence-corrected chi connectivity index (χ3v) is 5.33. The molecule has 0 atom stereocenters. The molecule has 0 radical (unpaired) electrons. The molecule has 1 aromatic heterocycles. The van der Waals surface area contributed by atoms with Crippen molar-refractivity contribution < 1.29 is 13.2 Å². The number of hydrogen-bond acceptors (Lipinski definition) is 4. The van der Waals surface area contributed by atoms with Gasteiger partial charge in [-0.2, -0.15) is 0 Å². The summed E-state index contributed by atoms with van der Waals surface area (Å²) in [6, 6.07) is 17.4. The molecule has 1 amide bonds. The molecule has 6 nitrogen and oxygen atoms in total. The lowest BCUT2D eigenvalue weighted by molar-refractivity contribution is 0.0950. The van der Waals surface area contributed by atoms with Crippen molar-refractivity contribution in [1.82, 2.24) is 10.3 Å². The molecule has 0 fully saturated rings. The monoisotopic (exact) mass is 401 g/mol. The molecule has 2 N–H and O–H groups in total. The molecular weight excluding hydrogens is 386 g/mol. The highest BCUT2D eigenvalue weighted by Gasteiger charge is 2.15. The van der Waals surface area contributed by atoms with Crippen molar-refractivity contribution in [3.05, 3.63) is 89.2 Å². The predicted octanol–water partition coefficient (Wildman–Crippen LogP) is 3.47. The highest BCUT2D eigenvalue weighted by Crippen LogP contribution is 2.18. The van der Waals surface area contributed by atoms with Crippen LogP contribution in [0.2, 0.25) is 5.02 Å². The fourth-order valence-electron chi connectivity index (χ4n) is 2.29. The number of sulfonamides is 1. The van der Waals surface area contributed by atoms with Crippen molar-refractivity contribution in [1.29, 1.82) is 0 Å². The molecule has 0 saturated carbocycles. The van der Waals surface area contributed by atoms with E-state index in [1.165, 1.54) is 24.3 Å². The van der Waals surface area contributed by atoms with Crippen molar-refractivity contribution in [2.24, 2.45) is 0 Å². The van der Waals surface area contributed by atoms with Gasteiger partial charge in [-0.05, 0) is 60.7 Å². The van der Waals surface area contributed by atoms with Crippen LogP contribution in [0.5, 0.6) is 0 Å². The Morgan fingerprint density at radius 1 is 0.963 bits per heavy atom. The number of carbonyl (C=O) groups excluding carboxylic acids is 1. The second-order valence-corrected chi connectivity index (χ2v) is 7.76. The molecule has 2 aromatic carbocycles. The van der Waals surface area contributed by atoms with E-state index in [0.717, 1.165) is 5.69 Å².